The first-order chi connectivity index (χ1) is 7.65. The van der Waals surface area contributed by atoms with Crippen LogP contribution in [0, 0.1) is 5.92 Å². The van der Waals surface area contributed by atoms with E-state index in [1.54, 1.807) is 6.07 Å². The van der Waals surface area contributed by atoms with Gasteiger partial charge in [0.1, 0.15) is 0 Å². The predicted molar refractivity (Wildman–Crippen MR) is 63.4 cm³/mol. The largest absolute Gasteiger partial charge is 0.384 e. The third kappa shape index (κ3) is 1.82. The zero-order chi connectivity index (χ0) is 11.2. The Kier molecular flexibility index (Phi) is 2.21. The van der Waals surface area contributed by atoms with Gasteiger partial charge in [-0.25, -0.2) is 8.42 Å². The molecule has 1 aliphatic heterocycles. The van der Waals surface area contributed by atoms with Crippen LogP contribution in [0.1, 0.15) is 18.4 Å². The second-order valence-electron chi connectivity index (χ2n) is 4.72. The molecule has 0 aromatic heterocycles. The Morgan fingerprint density at radius 2 is 2.12 bits per heavy atom. The minimum Gasteiger partial charge on any atom is -0.384 e. The van der Waals surface area contributed by atoms with Gasteiger partial charge < -0.3 is 5.32 Å². The Hall–Kier alpha value is -1.03. The smallest absolute Gasteiger partial charge is 0.178 e. The molecule has 1 aromatic carbocycles. The number of fused-ring (bicyclic) bond motifs is 1. The van der Waals surface area contributed by atoms with E-state index in [-0.39, 0.29) is 0 Å². The molecule has 1 aliphatic carbocycles. The van der Waals surface area contributed by atoms with Gasteiger partial charge in [0.05, 0.1) is 10.6 Å². The molecule has 0 spiro atoms. The van der Waals surface area contributed by atoms with Gasteiger partial charge in [-0.15, -0.1) is 0 Å². The fraction of sp³-hybridized carbons (Fsp3) is 0.500. The van der Waals surface area contributed by atoms with Crippen molar-refractivity contribution >= 4 is 15.5 Å². The van der Waals surface area contributed by atoms with Gasteiger partial charge in [0, 0.05) is 12.2 Å². The molecule has 16 heavy (non-hydrogen) atoms. The summed E-state index contributed by atoms with van der Waals surface area (Å²) in [5.41, 5.74) is 2.22. The van der Waals surface area contributed by atoms with Gasteiger partial charge in [-0.3, -0.25) is 0 Å². The normalized spacial score (nSPS) is 19.2. The van der Waals surface area contributed by atoms with Crippen LogP contribution in [-0.4, -0.2) is 20.7 Å². The number of rotatable bonds is 3. The third-order valence-corrected chi connectivity index (χ3v) is 5.18. The summed E-state index contributed by atoms with van der Waals surface area (Å²) in [6.45, 7) is 0.918. The molecule has 0 amide bonds. The minimum atomic E-state index is -3.05. The molecule has 1 aromatic rings. The topological polar surface area (TPSA) is 46.2 Å². The van der Waals surface area contributed by atoms with Gasteiger partial charge >= 0.3 is 0 Å². The fourth-order valence-electron chi connectivity index (χ4n) is 2.17. The van der Waals surface area contributed by atoms with E-state index in [0.717, 1.165) is 37.1 Å². The zero-order valence-electron chi connectivity index (χ0n) is 9.07. The van der Waals surface area contributed by atoms with Crippen LogP contribution in [-0.2, 0) is 16.3 Å². The summed E-state index contributed by atoms with van der Waals surface area (Å²) in [6.07, 6.45) is 3.08. The van der Waals surface area contributed by atoms with Crippen molar-refractivity contribution in [2.24, 2.45) is 5.92 Å². The highest BCUT2D eigenvalue weighted by Gasteiger charge is 2.29. The number of sulfone groups is 1. The maximum Gasteiger partial charge on any atom is 0.178 e. The monoisotopic (exact) mass is 237 g/mol. The molecule has 0 bridgehead atoms. The van der Waals surface area contributed by atoms with Crippen molar-refractivity contribution in [2.75, 3.05) is 17.6 Å². The average Bonchev–Trinajstić information content (AvgIpc) is 2.93. The molecule has 0 radical (unpaired) electrons. The Bertz CT molecular complexity index is 518. The maximum atomic E-state index is 12.1. The van der Waals surface area contributed by atoms with Crippen LogP contribution in [0.2, 0.25) is 0 Å². The SMILES string of the molecule is O=S(=O)(CC1CC1)c1ccc2c(c1)CCN2. The molecular formula is C12H15NO2S. The van der Waals surface area contributed by atoms with Crippen molar-refractivity contribution in [3.63, 3.8) is 0 Å². The van der Waals surface area contributed by atoms with E-state index in [4.69, 9.17) is 0 Å². The Morgan fingerprint density at radius 3 is 2.88 bits per heavy atom. The van der Waals surface area contributed by atoms with Crippen LogP contribution in [0.15, 0.2) is 23.1 Å². The van der Waals surface area contributed by atoms with Crippen molar-refractivity contribution in [2.45, 2.75) is 24.2 Å². The summed E-state index contributed by atoms with van der Waals surface area (Å²) < 4.78 is 24.1. The molecule has 1 heterocycles. The number of nitrogens with one attached hydrogen (secondary N) is 1. The molecule has 0 atom stereocenters. The fourth-order valence-corrected chi connectivity index (χ4v) is 3.91. The number of benzene rings is 1. The first-order valence-corrected chi connectivity index (χ1v) is 7.40. The molecule has 1 saturated carbocycles. The first kappa shape index (κ1) is 10.1. The highest BCUT2D eigenvalue weighted by molar-refractivity contribution is 7.91. The van der Waals surface area contributed by atoms with E-state index in [1.807, 2.05) is 12.1 Å². The van der Waals surface area contributed by atoms with Crippen molar-refractivity contribution in [1.29, 1.82) is 0 Å². The lowest BCUT2D eigenvalue weighted by Crippen LogP contribution is -2.08. The van der Waals surface area contributed by atoms with Gasteiger partial charge in [0.2, 0.25) is 0 Å². The van der Waals surface area contributed by atoms with Crippen LogP contribution in [0.25, 0.3) is 0 Å². The lowest BCUT2D eigenvalue weighted by Gasteiger charge is -2.05. The molecule has 3 nitrogen and oxygen atoms in total. The third-order valence-electron chi connectivity index (χ3n) is 3.30. The van der Waals surface area contributed by atoms with Crippen LogP contribution in [0.4, 0.5) is 5.69 Å². The molecule has 1 N–H and O–H groups in total. The second-order valence-corrected chi connectivity index (χ2v) is 6.75. The molecular weight excluding hydrogens is 222 g/mol. The second kappa shape index (κ2) is 3.48. The average molecular weight is 237 g/mol. The zero-order valence-corrected chi connectivity index (χ0v) is 9.89. The molecule has 86 valence electrons. The summed E-state index contributed by atoms with van der Waals surface area (Å²) in [6, 6.07) is 5.46. The van der Waals surface area contributed by atoms with Crippen LogP contribution in [0.3, 0.4) is 0 Å². The molecule has 2 aliphatic rings. The number of hydrogen-bond donors (Lipinski definition) is 1. The number of hydrogen-bond acceptors (Lipinski definition) is 3. The van der Waals surface area contributed by atoms with E-state index < -0.39 is 9.84 Å². The van der Waals surface area contributed by atoms with Gasteiger partial charge in [0.15, 0.2) is 9.84 Å². The van der Waals surface area contributed by atoms with E-state index in [1.165, 1.54) is 0 Å². The quantitative estimate of drug-likeness (QED) is 0.872. The summed E-state index contributed by atoms with van der Waals surface area (Å²) in [5, 5.41) is 3.24. The van der Waals surface area contributed by atoms with Gasteiger partial charge in [-0.2, -0.15) is 0 Å². The summed E-state index contributed by atoms with van der Waals surface area (Å²) >= 11 is 0. The molecule has 4 heteroatoms. The van der Waals surface area contributed by atoms with Crippen molar-refractivity contribution in [3.8, 4) is 0 Å². The number of anilines is 1. The van der Waals surface area contributed by atoms with Crippen molar-refractivity contribution < 1.29 is 8.42 Å². The van der Waals surface area contributed by atoms with Crippen molar-refractivity contribution in [1.82, 2.24) is 0 Å². The van der Waals surface area contributed by atoms with Gasteiger partial charge in [-0.1, -0.05) is 0 Å². The molecule has 1 fully saturated rings. The minimum absolute atomic E-state index is 0.333. The standard InChI is InChI=1S/C12H15NO2S/c14-16(15,8-9-1-2-9)11-3-4-12-10(7-11)5-6-13-12/h3-4,7,9,13H,1-2,5-6,8H2. The van der Waals surface area contributed by atoms with Crippen LogP contribution in [0.5, 0.6) is 0 Å². The molecule has 0 unspecified atom stereocenters. The highest BCUT2D eigenvalue weighted by atomic mass is 32.2. The van der Waals surface area contributed by atoms with E-state index in [0.29, 0.717) is 16.6 Å². The Balaban J connectivity index is 1.93. The first-order valence-electron chi connectivity index (χ1n) is 5.75. The van der Waals surface area contributed by atoms with Gasteiger partial charge in [-0.05, 0) is 48.9 Å². The Morgan fingerprint density at radius 1 is 1.31 bits per heavy atom. The summed E-state index contributed by atoms with van der Waals surface area (Å²) in [5.74, 6) is 0.746. The predicted octanol–water partition coefficient (Wildman–Crippen LogP) is 1.84. The Labute approximate surface area is 95.8 Å². The summed E-state index contributed by atoms with van der Waals surface area (Å²) in [7, 11) is -3.05. The van der Waals surface area contributed by atoms with E-state index >= 15 is 0 Å². The van der Waals surface area contributed by atoms with E-state index in [2.05, 4.69) is 5.32 Å². The maximum absolute atomic E-state index is 12.1. The van der Waals surface area contributed by atoms with Gasteiger partial charge in [0.25, 0.3) is 0 Å². The van der Waals surface area contributed by atoms with E-state index in [9.17, 15) is 8.42 Å². The molecule has 0 saturated heterocycles. The molecule has 3 rings (SSSR count). The summed E-state index contributed by atoms with van der Waals surface area (Å²) in [4.78, 5) is 0.502. The highest BCUT2D eigenvalue weighted by Crippen LogP contribution is 2.33. The van der Waals surface area contributed by atoms with Crippen LogP contribution >= 0.6 is 0 Å². The lowest BCUT2D eigenvalue weighted by molar-refractivity contribution is 0.592. The lowest BCUT2D eigenvalue weighted by atomic mass is 10.2. The van der Waals surface area contributed by atoms with Crippen molar-refractivity contribution in [3.05, 3.63) is 23.8 Å². The van der Waals surface area contributed by atoms with Crippen LogP contribution < -0.4 is 5.32 Å².